The van der Waals surface area contributed by atoms with Crippen LogP contribution in [0.1, 0.15) is 26.3 Å². The molecule has 78 valence electrons. The van der Waals surface area contributed by atoms with Crippen molar-refractivity contribution in [3.8, 4) is 0 Å². The smallest absolute Gasteiger partial charge is 0.00724 e. The lowest BCUT2D eigenvalue weighted by Crippen LogP contribution is -2.10. The minimum atomic E-state index is 0.257. The fraction of sp³-hybridized carbons (Fsp3) is 0.500. The molecule has 0 heterocycles. The molecular weight excluding hydrogens is 208 g/mol. The lowest BCUT2D eigenvalue weighted by Gasteiger charge is -2.18. The zero-order valence-electron chi connectivity index (χ0n) is 9.08. The van der Waals surface area contributed by atoms with Crippen molar-refractivity contribution in [2.45, 2.75) is 31.1 Å². The van der Waals surface area contributed by atoms with Gasteiger partial charge in [-0.3, -0.25) is 0 Å². The maximum absolute atomic E-state index is 4.20. The molecule has 0 radical (unpaired) electrons. The highest BCUT2D eigenvalue weighted by Crippen LogP contribution is 2.25. The van der Waals surface area contributed by atoms with Gasteiger partial charge in [-0.1, -0.05) is 32.9 Å². The highest BCUT2D eigenvalue weighted by Gasteiger charge is 2.12. The molecule has 0 saturated carbocycles. The van der Waals surface area contributed by atoms with Gasteiger partial charge < -0.3 is 0 Å². The van der Waals surface area contributed by atoms with Gasteiger partial charge in [-0.15, -0.1) is 11.8 Å². The fourth-order valence-corrected chi connectivity index (χ4v) is 2.14. The van der Waals surface area contributed by atoms with Gasteiger partial charge in [0, 0.05) is 10.6 Å². The molecule has 2 heteroatoms. The summed E-state index contributed by atoms with van der Waals surface area (Å²) in [6, 6.07) is 8.85. The Morgan fingerprint density at radius 2 is 1.71 bits per heavy atom. The Balaban J connectivity index is 2.69. The third-order valence-electron chi connectivity index (χ3n) is 2.08. The van der Waals surface area contributed by atoms with Crippen molar-refractivity contribution >= 4 is 24.4 Å². The van der Waals surface area contributed by atoms with Crippen LogP contribution in [0.2, 0.25) is 0 Å². The first-order chi connectivity index (χ1) is 6.54. The molecule has 0 spiro atoms. The zero-order valence-corrected chi connectivity index (χ0v) is 10.8. The van der Waals surface area contributed by atoms with E-state index in [1.165, 1.54) is 10.5 Å². The van der Waals surface area contributed by atoms with Crippen molar-refractivity contribution in [2.24, 2.45) is 0 Å². The summed E-state index contributed by atoms with van der Waals surface area (Å²) in [7, 11) is 0. The second-order valence-corrected chi connectivity index (χ2v) is 5.96. The number of thiol groups is 1. The molecule has 0 aliphatic heterocycles. The Morgan fingerprint density at radius 1 is 1.14 bits per heavy atom. The maximum atomic E-state index is 4.20. The Bertz CT molecular complexity index is 269. The van der Waals surface area contributed by atoms with E-state index in [2.05, 4.69) is 57.7 Å². The maximum Gasteiger partial charge on any atom is 0.00724 e. The molecule has 0 bridgehead atoms. The van der Waals surface area contributed by atoms with Gasteiger partial charge in [0.1, 0.15) is 0 Å². The van der Waals surface area contributed by atoms with Gasteiger partial charge in [0.15, 0.2) is 0 Å². The fourth-order valence-electron chi connectivity index (χ4n) is 1.21. The third kappa shape index (κ3) is 3.58. The van der Waals surface area contributed by atoms with E-state index in [1.54, 1.807) is 0 Å². The molecule has 0 fully saturated rings. The van der Waals surface area contributed by atoms with Crippen LogP contribution >= 0.6 is 24.4 Å². The molecule has 0 aliphatic rings. The van der Waals surface area contributed by atoms with Crippen LogP contribution in [0, 0.1) is 0 Å². The molecule has 0 saturated heterocycles. The predicted octanol–water partition coefficient (Wildman–Crippen LogP) is 4.01. The summed E-state index contributed by atoms with van der Waals surface area (Å²) < 4.78 is 0. The van der Waals surface area contributed by atoms with Crippen LogP contribution < -0.4 is 0 Å². The van der Waals surface area contributed by atoms with E-state index < -0.39 is 0 Å². The standard InChI is InChI=1S/C12H18S2/c1-12(2,3)10-4-6-11(7-5-10)14-9-8-13/h4-7,13H,8-9H2,1-3H3. The van der Waals surface area contributed by atoms with Crippen molar-refractivity contribution < 1.29 is 0 Å². The van der Waals surface area contributed by atoms with E-state index in [4.69, 9.17) is 0 Å². The van der Waals surface area contributed by atoms with Crippen molar-refractivity contribution in [3.63, 3.8) is 0 Å². The Morgan fingerprint density at radius 3 is 2.14 bits per heavy atom. The number of hydrogen-bond donors (Lipinski definition) is 1. The molecule has 0 atom stereocenters. The largest absolute Gasteiger partial charge is 0.178 e. The van der Waals surface area contributed by atoms with Crippen LogP contribution in [0.5, 0.6) is 0 Å². The SMILES string of the molecule is CC(C)(C)c1ccc(SCCS)cc1. The first kappa shape index (κ1) is 12.0. The van der Waals surface area contributed by atoms with Gasteiger partial charge in [0.2, 0.25) is 0 Å². The van der Waals surface area contributed by atoms with Crippen LogP contribution in [0.3, 0.4) is 0 Å². The lowest BCUT2D eigenvalue weighted by atomic mass is 9.87. The van der Waals surface area contributed by atoms with Gasteiger partial charge in [-0.25, -0.2) is 0 Å². The minimum Gasteiger partial charge on any atom is -0.178 e. The molecule has 1 aromatic carbocycles. The summed E-state index contributed by atoms with van der Waals surface area (Å²) in [4.78, 5) is 1.34. The summed E-state index contributed by atoms with van der Waals surface area (Å²) >= 11 is 6.06. The topological polar surface area (TPSA) is 0 Å². The predicted molar refractivity (Wildman–Crippen MR) is 69.7 cm³/mol. The van der Waals surface area contributed by atoms with E-state index >= 15 is 0 Å². The van der Waals surface area contributed by atoms with Crippen molar-refractivity contribution in [1.82, 2.24) is 0 Å². The summed E-state index contributed by atoms with van der Waals surface area (Å²) in [5.74, 6) is 2.02. The highest BCUT2D eigenvalue weighted by atomic mass is 32.2. The number of rotatable bonds is 3. The third-order valence-corrected chi connectivity index (χ3v) is 3.62. The molecule has 0 aromatic heterocycles. The van der Waals surface area contributed by atoms with E-state index in [1.807, 2.05) is 11.8 Å². The van der Waals surface area contributed by atoms with Crippen LogP contribution in [-0.4, -0.2) is 11.5 Å². The molecule has 14 heavy (non-hydrogen) atoms. The second kappa shape index (κ2) is 5.13. The monoisotopic (exact) mass is 226 g/mol. The summed E-state index contributed by atoms with van der Waals surface area (Å²) in [6.45, 7) is 6.72. The van der Waals surface area contributed by atoms with E-state index in [-0.39, 0.29) is 5.41 Å². The van der Waals surface area contributed by atoms with Crippen LogP contribution in [0.25, 0.3) is 0 Å². The second-order valence-electron chi connectivity index (χ2n) is 4.35. The van der Waals surface area contributed by atoms with Gasteiger partial charge in [-0.2, -0.15) is 12.6 Å². The highest BCUT2D eigenvalue weighted by molar-refractivity contribution is 8.00. The number of benzene rings is 1. The van der Waals surface area contributed by atoms with E-state index in [9.17, 15) is 0 Å². The Hall–Kier alpha value is -0.0800. The molecule has 0 nitrogen and oxygen atoms in total. The number of hydrogen-bond acceptors (Lipinski definition) is 2. The molecule has 1 rings (SSSR count). The van der Waals surface area contributed by atoms with E-state index in [0.717, 1.165) is 11.5 Å². The molecule has 0 amide bonds. The average molecular weight is 226 g/mol. The first-order valence-electron chi connectivity index (χ1n) is 4.88. The van der Waals surface area contributed by atoms with Crippen molar-refractivity contribution in [2.75, 3.05) is 11.5 Å². The van der Waals surface area contributed by atoms with Gasteiger partial charge >= 0.3 is 0 Å². The van der Waals surface area contributed by atoms with Gasteiger partial charge in [0.05, 0.1) is 0 Å². The molecule has 0 unspecified atom stereocenters. The lowest BCUT2D eigenvalue weighted by molar-refractivity contribution is 0.590. The quantitative estimate of drug-likeness (QED) is 0.600. The van der Waals surface area contributed by atoms with Crippen molar-refractivity contribution in [3.05, 3.63) is 29.8 Å². The van der Waals surface area contributed by atoms with Gasteiger partial charge in [-0.05, 0) is 28.9 Å². The number of thioether (sulfide) groups is 1. The summed E-state index contributed by atoms with van der Waals surface area (Å²) in [5.41, 5.74) is 1.65. The molecule has 0 N–H and O–H groups in total. The van der Waals surface area contributed by atoms with Crippen molar-refractivity contribution in [1.29, 1.82) is 0 Å². The molecular formula is C12H18S2. The zero-order chi connectivity index (χ0) is 10.6. The first-order valence-corrected chi connectivity index (χ1v) is 6.50. The Kier molecular flexibility index (Phi) is 4.39. The van der Waals surface area contributed by atoms with E-state index in [0.29, 0.717) is 0 Å². The normalized spacial score (nSPS) is 11.7. The van der Waals surface area contributed by atoms with Crippen LogP contribution in [-0.2, 0) is 5.41 Å². The van der Waals surface area contributed by atoms with Gasteiger partial charge in [0.25, 0.3) is 0 Å². The average Bonchev–Trinajstić information content (AvgIpc) is 2.14. The van der Waals surface area contributed by atoms with Crippen LogP contribution in [0.4, 0.5) is 0 Å². The van der Waals surface area contributed by atoms with Crippen LogP contribution in [0.15, 0.2) is 29.2 Å². The minimum absolute atomic E-state index is 0.257. The summed E-state index contributed by atoms with van der Waals surface area (Å²) in [6.07, 6.45) is 0. The molecule has 0 aliphatic carbocycles. The summed E-state index contributed by atoms with van der Waals surface area (Å²) in [5, 5.41) is 0. The Labute approximate surface area is 96.9 Å². The molecule has 1 aromatic rings.